The molecule has 192 valence electrons. The molecular weight excluding hydrogens is 478 g/mol. The van der Waals surface area contributed by atoms with Crippen LogP contribution in [0, 0.1) is 0 Å². The van der Waals surface area contributed by atoms with Crippen molar-refractivity contribution in [3.8, 4) is 0 Å². The molecule has 36 heavy (non-hydrogen) atoms. The minimum Gasteiger partial charge on any atom is -0.444 e. The van der Waals surface area contributed by atoms with Crippen LogP contribution >= 0.6 is 0 Å². The average Bonchev–Trinajstić information content (AvgIpc) is 3.57. The highest BCUT2D eigenvalue weighted by atomic mass is 32.2. The minimum atomic E-state index is -3.68. The maximum absolute atomic E-state index is 13.5. The van der Waals surface area contributed by atoms with E-state index in [4.69, 9.17) is 4.74 Å². The van der Waals surface area contributed by atoms with E-state index in [9.17, 15) is 13.2 Å². The fraction of sp³-hybridized carbons (Fsp3) is 0.500. The van der Waals surface area contributed by atoms with Crippen molar-refractivity contribution in [1.29, 1.82) is 0 Å². The van der Waals surface area contributed by atoms with E-state index in [1.807, 2.05) is 58.0 Å². The Kier molecular flexibility index (Phi) is 6.18. The lowest BCUT2D eigenvalue weighted by molar-refractivity contribution is 0.0158. The van der Waals surface area contributed by atoms with Gasteiger partial charge in [-0.2, -0.15) is 0 Å². The number of fused-ring (bicyclic) bond motifs is 1. The first-order valence-corrected chi connectivity index (χ1v) is 14.0. The molecule has 10 heteroatoms. The Morgan fingerprint density at radius 2 is 1.83 bits per heavy atom. The second kappa shape index (κ2) is 9.06. The summed E-state index contributed by atoms with van der Waals surface area (Å²) in [7, 11) is -3.68. The number of piperazine rings is 1. The summed E-state index contributed by atoms with van der Waals surface area (Å²) in [6.07, 6.45) is 4.91. The summed E-state index contributed by atoms with van der Waals surface area (Å²) in [5, 5.41) is 0.801. The number of benzene rings is 1. The van der Waals surface area contributed by atoms with Gasteiger partial charge in [0.1, 0.15) is 17.7 Å². The van der Waals surface area contributed by atoms with Crippen molar-refractivity contribution >= 4 is 33.0 Å². The predicted molar refractivity (Wildman–Crippen MR) is 139 cm³/mol. The fourth-order valence-corrected chi connectivity index (χ4v) is 6.23. The summed E-state index contributed by atoms with van der Waals surface area (Å²) in [6.45, 7) is 9.20. The summed E-state index contributed by atoms with van der Waals surface area (Å²) >= 11 is 0. The summed E-state index contributed by atoms with van der Waals surface area (Å²) < 4.78 is 33.9. The number of hydrogen-bond donors (Lipinski definition) is 0. The van der Waals surface area contributed by atoms with Crippen LogP contribution in [0.15, 0.2) is 42.9 Å². The van der Waals surface area contributed by atoms with Gasteiger partial charge in [0, 0.05) is 31.9 Å². The van der Waals surface area contributed by atoms with Gasteiger partial charge in [-0.15, -0.1) is 0 Å². The molecule has 0 N–H and O–H groups in total. The average molecular weight is 512 g/mol. The molecule has 1 unspecified atom stereocenters. The van der Waals surface area contributed by atoms with Gasteiger partial charge in [0.25, 0.3) is 0 Å². The Labute approximate surface area is 212 Å². The Morgan fingerprint density at radius 1 is 1.11 bits per heavy atom. The molecule has 3 aromatic rings. The lowest BCUT2D eigenvalue weighted by Crippen LogP contribution is -2.55. The smallest absolute Gasteiger partial charge is 0.410 e. The van der Waals surface area contributed by atoms with Gasteiger partial charge in [-0.3, -0.25) is 0 Å². The molecule has 1 amide bonds. The normalized spacial score (nSPS) is 19.1. The first-order chi connectivity index (χ1) is 17.0. The van der Waals surface area contributed by atoms with E-state index in [1.165, 1.54) is 10.3 Å². The Bertz CT molecular complexity index is 1380. The maximum atomic E-state index is 13.5. The quantitative estimate of drug-likeness (QED) is 0.508. The van der Waals surface area contributed by atoms with Crippen molar-refractivity contribution in [1.82, 2.24) is 18.8 Å². The van der Waals surface area contributed by atoms with Crippen LogP contribution in [-0.2, 0) is 20.5 Å². The molecule has 0 spiro atoms. The second-order valence-corrected chi connectivity index (χ2v) is 12.6. The Morgan fingerprint density at radius 3 is 2.47 bits per heavy atom. The third-order valence-corrected chi connectivity index (χ3v) is 8.20. The molecule has 5 rings (SSSR count). The minimum absolute atomic E-state index is 0.0908. The van der Waals surface area contributed by atoms with Gasteiger partial charge in [0.15, 0.2) is 5.65 Å². The SMILES string of the molecule is CC1CN(c2ncnc3c2c(C2CC2)cn3S(=O)(=O)Cc2ccccc2)CCN1C(=O)OC(C)(C)C. The Hall–Kier alpha value is -3.14. The van der Waals surface area contributed by atoms with E-state index in [-0.39, 0.29) is 17.9 Å². The fourth-order valence-electron chi connectivity index (χ4n) is 4.80. The summed E-state index contributed by atoms with van der Waals surface area (Å²) in [4.78, 5) is 25.6. The highest BCUT2D eigenvalue weighted by molar-refractivity contribution is 7.89. The highest BCUT2D eigenvalue weighted by Crippen LogP contribution is 2.46. The van der Waals surface area contributed by atoms with Crippen molar-refractivity contribution in [2.45, 2.75) is 63.9 Å². The molecule has 1 aliphatic heterocycles. The van der Waals surface area contributed by atoms with Crippen LogP contribution in [0.3, 0.4) is 0 Å². The number of hydrogen-bond acceptors (Lipinski definition) is 7. The molecule has 1 saturated carbocycles. The van der Waals surface area contributed by atoms with E-state index < -0.39 is 15.6 Å². The highest BCUT2D eigenvalue weighted by Gasteiger charge is 2.35. The zero-order valence-electron chi connectivity index (χ0n) is 21.2. The second-order valence-electron chi connectivity index (χ2n) is 10.8. The van der Waals surface area contributed by atoms with Gasteiger partial charge in [-0.25, -0.2) is 27.2 Å². The number of anilines is 1. The molecule has 1 aromatic carbocycles. The van der Waals surface area contributed by atoms with Crippen molar-refractivity contribution < 1.29 is 17.9 Å². The zero-order chi connectivity index (χ0) is 25.7. The Balaban J connectivity index is 1.48. The van der Waals surface area contributed by atoms with E-state index in [2.05, 4.69) is 14.9 Å². The van der Waals surface area contributed by atoms with Crippen molar-refractivity contribution in [3.63, 3.8) is 0 Å². The number of aromatic nitrogens is 3. The molecule has 9 nitrogen and oxygen atoms in total. The molecule has 0 bridgehead atoms. The molecular formula is C26H33N5O4S. The first-order valence-electron chi connectivity index (χ1n) is 12.4. The third kappa shape index (κ3) is 4.91. The number of carbonyl (C=O) groups is 1. The van der Waals surface area contributed by atoms with Gasteiger partial charge in [0.05, 0.1) is 11.1 Å². The predicted octanol–water partition coefficient (Wildman–Crippen LogP) is 4.13. The zero-order valence-corrected chi connectivity index (χ0v) is 22.0. The maximum Gasteiger partial charge on any atom is 0.410 e. The molecule has 1 atom stereocenters. The van der Waals surface area contributed by atoms with Crippen molar-refractivity contribution in [2.75, 3.05) is 24.5 Å². The molecule has 1 saturated heterocycles. The number of nitrogens with zero attached hydrogens (tertiary/aromatic N) is 5. The number of rotatable bonds is 5. The number of amides is 1. The molecule has 2 fully saturated rings. The molecule has 2 aliphatic rings. The molecule has 1 aliphatic carbocycles. The van der Waals surface area contributed by atoms with E-state index in [0.29, 0.717) is 31.2 Å². The molecule has 3 heterocycles. The standard InChI is InChI=1S/C26H33N5O4S/c1-18-14-29(12-13-30(18)25(32)35-26(2,3)4)23-22-21(20-10-11-20)15-31(24(22)28-17-27-23)36(33,34)16-19-8-6-5-7-9-19/h5-9,15,17-18,20H,10-14,16H2,1-4H3. The van der Waals surface area contributed by atoms with Crippen LogP contribution < -0.4 is 4.90 Å². The van der Waals surface area contributed by atoms with E-state index in [1.54, 1.807) is 11.1 Å². The van der Waals surface area contributed by atoms with E-state index in [0.717, 1.165) is 35.2 Å². The molecule has 2 aromatic heterocycles. The van der Waals surface area contributed by atoms with Gasteiger partial charge >= 0.3 is 6.09 Å². The first kappa shape index (κ1) is 24.5. The van der Waals surface area contributed by atoms with Crippen LogP contribution in [0.25, 0.3) is 11.0 Å². The summed E-state index contributed by atoms with van der Waals surface area (Å²) in [6, 6.07) is 9.09. The van der Waals surface area contributed by atoms with Crippen LogP contribution in [0.5, 0.6) is 0 Å². The van der Waals surface area contributed by atoms with Gasteiger partial charge < -0.3 is 14.5 Å². The van der Waals surface area contributed by atoms with Crippen LogP contribution in [0.1, 0.15) is 57.6 Å². The lowest BCUT2D eigenvalue weighted by Gasteiger charge is -2.40. The topological polar surface area (TPSA) is 97.6 Å². The van der Waals surface area contributed by atoms with Gasteiger partial charge in [0.2, 0.25) is 10.0 Å². The van der Waals surface area contributed by atoms with Crippen LogP contribution in [-0.4, -0.2) is 64.6 Å². The number of carbonyl (C=O) groups excluding carboxylic acids is 1. The van der Waals surface area contributed by atoms with Crippen LogP contribution in [0.4, 0.5) is 10.6 Å². The van der Waals surface area contributed by atoms with E-state index >= 15 is 0 Å². The largest absolute Gasteiger partial charge is 0.444 e. The third-order valence-electron chi connectivity index (χ3n) is 6.62. The van der Waals surface area contributed by atoms with Crippen molar-refractivity contribution in [3.05, 3.63) is 54.0 Å². The number of ether oxygens (including phenoxy) is 1. The van der Waals surface area contributed by atoms with Crippen LogP contribution in [0.2, 0.25) is 0 Å². The molecule has 0 radical (unpaired) electrons. The van der Waals surface area contributed by atoms with Crippen molar-refractivity contribution in [2.24, 2.45) is 0 Å². The summed E-state index contributed by atoms with van der Waals surface area (Å²) in [5.74, 6) is 0.935. The van der Waals surface area contributed by atoms with Gasteiger partial charge in [-0.1, -0.05) is 30.3 Å². The monoisotopic (exact) mass is 511 g/mol. The summed E-state index contributed by atoms with van der Waals surface area (Å²) in [5.41, 5.74) is 1.58. The lowest BCUT2D eigenvalue weighted by atomic mass is 10.1. The van der Waals surface area contributed by atoms with Gasteiger partial charge in [-0.05, 0) is 57.6 Å².